The second-order valence-electron chi connectivity index (χ2n) is 4.76. The predicted octanol–water partition coefficient (Wildman–Crippen LogP) is 3.95. The Bertz CT molecular complexity index is 232. The molecular formula is C13H20. The summed E-state index contributed by atoms with van der Waals surface area (Å²) in [7, 11) is 0. The van der Waals surface area contributed by atoms with E-state index < -0.39 is 0 Å². The minimum absolute atomic E-state index is 0.746. The third kappa shape index (κ3) is 1.72. The number of rotatable bonds is 1. The minimum atomic E-state index is 0.746. The maximum atomic E-state index is 2.43. The second kappa shape index (κ2) is 3.69. The van der Waals surface area contributed by atoms with E-state index in [9.17, 15) is 0 Å². The second-order valence-corrected chi connectivity index (χ2v) is 4.76. The topological polar surface area (TPSA) is 0 Å². The average molecular weight is 176 g/mol. The SMILES string of the molecule is CC(C)C1=CC=CC2CCCCC12. The number of hydrogen-bond acceptors (Lipinski definition) is 0. The van der Waals surface area contributed by atoms with Crippen molar-refractivity contribution in [3.63, 3.8) is 0 Å². The molecule has 2 rings (SSSR count). The third-order valence-electron chi connectivity index (χ3n) is 3.56. The smallest absolute Gasteiger partial charge is 0.0134 e. The van der Waals surface area contributed by atoms with Crippen molar-refractivity contribution in [1.82, 2.24) is 0 Å². The fraction of sp³-hybridized carbons (Fsp3) is 0.692. The highest BCUT2D eigenvalue weighted by molar-refractivity contribution is 5.25. The largest absolute Gasteiger partial charge is 0.0808 e. The van der Waals surface area contributed by atoms with Crippen LogP contribution < -0.4 is 0 Å². The van der Waals surface area contributed by atoms with E-state index in [1.54, 1.807) is 5.57 Å². The maximum Gasteiger partial charge on any atom is -0.0134 e. The summed E-state index contributed by atoms with van der Waals surface area (Å²) in [6.07, 6.45) is 12.8. The van der Waals surface area contributed by atoms with Crippen LogP contribution in [0.25, 0.3) is 0 Å². The van der Waals surface area contributed by atoms with Gasteiger partial charge in [-0.1, -0.05) is 50.5 Å². The van der Waals surface area contributed by atoms with Crippen LogP contribution in [0.4, 0.5) is 0 Å². The monoisotopic (exact) mass is 176 g/mol. The summed E-state index contributed by atoms with van der Waals surface area (Å²) in [5, 5.41) is 0. The van der Waals surface area contributed by atoms with Gasteiger partial charge >= 0.3 is 0 Å². The highest BCUT2D eigenvalue weighted by Crippen LogP contribution is 2.40. The fourth-order valence-electron chi connectivity index (χ4n) is 2.86. The van der Waals surface area contributed by atoms with Crippen molar-refractivity contribution < 1.29 is 0 Å². The Kier molecular flexibility index (Phi) is 2.57. The molecule has 2 aliphatic carbocycles. The lowest BCUT2D eigenvalue weighted by atomic mass is 9.70. The first-order chi connectivity index (χ1) is 6.29. The number of fused-ring (bicyclic) bond motifs is 1. The molecule has 0 saturated heterocycles. The van der Waals surface area contributed by atoms with Crippen LogP contribution in [-0.4, -0.2) is 0 Å². The zero-order valence-electron chi connectivity index (χ0n) is 8.79. The van der Waals surface area contributed by atoms with Crippen molar-refractivity contribution in [2.24, 2.45) is 17.8 Å². The molecule has 1 fully saturated rings. The molecule has 72 valence electrons. The zero-order chi connectivity index (χ0) is 9.26. The molecule has 0 radical (unpaired) electrons. The Morgan fingerprint density at radius 3 is 2.77 bits per heavy atom. The van der Waals surface area contributed by atoms with Crippen molar-refractivity contribution in [1.29, 1.82) is 0 Å². The predicted molar refractivity (Wildman–Crippen MR) is 57.5 cm³/mol. The molecule has 0 N–H and O–H groups in total. The van der Waals surface area contributed by atoms with Crippen LogP contribution in [-0.2, 0) is 0 Å². The Morgan fingerprint density at radius 1 is 1.23 bits per heavy atom. The summed E-state index contributed by atoms with van der Waals surface area (Å²) in [6.45, 7) is 4.66. The lowest BCUT2D eigenvalue weighted by molar-refractivity contribution is 0.304. The van der Waals surface area contributed by atoms with Crippen molar-refractivity contribution >= 4 is 0 Å². The van der Waals surface area contributed by atoms with Gasteiger partial charge in [-0.05, 0) is 30.6 Å². The standard InChI is InChI=1S/C13H20/c1-10(2)12-9-5-7-11-6-3-4-8-13(11)12/h5,7,9-11,13H,3-4,6,8H2,1-2H3. The highest BCUT2D eigenvalue weighted by atomic mass is 14.3. The van der Waals surface area contributed by atoms with Crippen LogP contribution in [0, 0.1) is 17.8 Å². The molecule has 0 aromatic heterocycles. The van der Waals surface area contributed by atoms with Crippen LogP contribution in [0.2, 0.25) is 0 Å². The third-order valence-corrected chi connectivity index (χ3v) is 3.56. The molecule has 2 unspecified atom stereocenters. The summed E-state index contributed by atoms with van der Waals surface area (Å²) in [5.41, 5.74) is 1.70. The molecule has 0 bridgehead atoms. The average Bonchev–Trinajstić information content (AvgIpc) is 2.17. The first-order valence-corrected chi connectivity index (χ1v) is 5.67. The van der Waals surface area contributed by atoms with E-state index in [0.717, 1.165) is 17.8 Å². The van der Waals surface area contributed by atoms with Gasteiger partial charge in [0.25, 0.3) is 0 Å². The first-order valence-electron chi connectivity index (χ1n) is 5.67. The molecule has 0 aliphatic heterocycles. The van der Waals surface area contributed by atoms with Crippen LogP contribution in [0.15, 0.2) is 23.8 Å². The van der Waals surface area contributed by atoms with E-state index in [0.29, 0.717) is 0 Å². The maximum absolute atomic E-state index is 2.43. The van der Waals surface area contributed by atoms with Gasteiger partial charge in [-0.2, -0.15) is 0 Å². The Balaban J connectivity index is 2.17. The molecule has 0 heterocycles. The highest BCUT2D eigenvalue weighted by Gasteiger charge is 2.28. The van der Waals surface area contributed by atoms with E-state index in [1.165, 1.54) is 25.7 Å². The Labute approximate surface area is 81.7 Å². The van der Waals surface area contributed by atoms with E-state index in [4.69, 9.17) is 0 Å². The van der Waals surface area contributed by atoms with Gasteiger partial charge in [-0.3, -0.25) is 0 Å². The number of hydrogen-bond donors (Lipinski definition) is 0. The van der Waals surface area contributed by atoms with E-state index in [2.05, 4.69) is 32.1 Å². The molecule has 0 heteroatoms. The summed E-state index contributed by atoms with van der Waals surface area (Å²) >= 11 is 0. The van der Waals surface area contributed by atoms with Crippen molar-refractivity contribution in [2.75, 3.05) is 0 Å². The van der Waals surface area contributed by atoms with Crippen LogP contribution in [0.5, 0.6) is 0 Å². The summed E-state index contributed by atoms with van der Waals surface area (Å²) in [6, 6.07) is 0. The molecule has 0 spiro atoms. The van der Waals surface area contributed by atoms with Crippen molar-refractivity contribution in [2.45, 2.75) is 39.5 Å². The van der Waals surface area contributed by atoms with Gasteiger partial charge in [0.2, 0.25) is 0 Å². The van der Waals surface area contributed by atoms with Gasteiger partial charge in [-0.25, -0.2) is 0 Å². The Morgan fingerprint density at radius 2 is 2.00 bits per heavy atom. The molecule has 0 aromatic rings. The summed E-state index contributed by atoms with van der Waals surface area (Å²) in [4.78, 5) is 0. The lowest BCUT2D eigenvalue weighted by Crippen LogP contribution is -2.23. The van der Waals surface area contributed by atoms with Crippen LogP contribution in [0.3, 0.4) is 0 Å². The van der Waals surface area contributed by atoms with E-state index in [1.807, 2.05) is 0 Å². The molecule has 0 amide bonds. The van der Waals surface area contributed by atoms with E-state index >= 15 is 0 Å². The van der Waals surface area contributed by atoms with Gasteiger partial charge in [0.05, 0.1) is 0 Å². The molecular weight excluding hydrogens is 156 g/mol. The van der Waals surface area contributed by atoms with Gasteiger partial charge in [0.1, 0.15) is 0 Å². The molecule has 2 aliphatic rings. The molecule has 2 atom stereocenters. The molecule has 13 heavy (non-hydrogen) atoms. The normalized spacial score (nSPS) is 33.0. The molecule has 0 nitrogen and oxygen atoms in total. The van der Waals surface area contributed by atoms with Crippen LogP contribution >= 0.6 is 0 Å². The Hall–Kier alpha value is -0.520. The summed E-state index contributed by atoms with van der Waals surface area (Å²) in [5.74, 6) is 2.51. The van der Waals surface area contributed by atoms with Gasteiger partial charge in [-0.15, -0.1) is 0 Å². The molecule has 1 saturated carbocycles. The lowest BCUT2D eigenvalue weighted by Gasteiger charge is -2.35. The van der Waals surface area contributed by atoms with Gasteiger partial charge in [0.15, 0.2) is 0 Å². The number of allylic oxidation sites excluding steroid dienone is 4. The summed E-state index contributed by atoms with van der Waals surface area (Å²) < 4.78 is 0. The van der Waals surface area contributed by atoms with Crippen molar-refractivity contribution in [3.8, 4) is 0 Å². The minimum Gasteiger partial charge on any atom is -0.0808 e. The van der Waals surface area contributed by atoms with Crippen LogP contribution in [0.1, 0.15) is 39.5 Å². The quantitative estimate of drug-likeness (QED) is 0.567. The molecule has 0 aromatic carbocycles. The van der Waals surface area contributed by atoms with Gasteiger partial charge in [0, 0.05) is 0 Å². The van der Waals surface area contributed by atoms with E-state index in [-0.39, 0.29) is 0 Å². The van der Waals surface area contributed by atoms with Gasteiger partial charge < -0.3 is 0 Å². The fourth-order valence-corrected chi connectivity index (χ4v) is 2.86. The zero-order valence-corrected chi connectivity index (χ0v) is 8.79. The first kappa shape index (κ1) is 9.05. The van der Waals surface area contributed by atoms with Crippen molar-refractivity contribution in [3.05, 3.63) is 23.8 Å².